The van der Waals surface area contributed by atoms with Gasteiger partial charge in [-0.3, -0.25) is 4.79 Å². The van der Waals surface area contributed by atoms with E-state index in [0.29, 0.717) is 10.7 Å². The van der Waals surface area contributed by atoms with Crippen molar-refractivity contribution in [3.8, 4) is 16.9 Å². The second-order valence-corrected chi connectivity index (χ2v) is 6.54. The van der Waals surface area contributed by atoms with E-state index in [1.165, 1.54) is 4.90 Å². The minimum absolute atomic E-state index is 0.246. The highest BCUT2D eigenvalue weighted by Gasteiger charge is 2.17. The fraction of sp³-hybridized carbons (Fsp3) is 0.0952. The molecule has 0 saturated carbocycles. The molecule has 3 rings (SSSR count). The number of carbonyl (C=O) groups excluding carboxylic acids is 1. The third kappa shape index (κ3) is 4.47. The van der Waals surface area contributed by atoms with Crippen LogP contribution in [0.4, 0.5) is 0 Å². The Morgan fingerprint density at radius 2 is 1.79 bits per heavy atom. The van der Waals surface area contributed by atoms with Gasteiger partial charge in [0.25, 0.3) is 0 Å². The summed E-state index contributed by atoms with van der Waals surface area (Å²) in [6.45, 7) is 0.246. The number of nitrogens with zero attached hydrogens (tertiary/aromatic N) is 3. The third-order valence-corrected chi connectivity index (χ3v) is 4.42. The summed E-state index contributed by atoms with van der Waals surface area (Å²) in [5, 5.41) is 13.9. The zero-order valence-corrected chi connectivity index (χ0v) is 15.9. The van der Waals surface area contributed by atoms with Gasteiger partial charge >= 0.3 is 5.97 Å². The number of carboxylic acid groups (broad SMARTS) is 1. The van der Waals surface area contributed by atoms with Crippen molar-refractivity contribution in [3.05, 3.63) is 83.5 Å². The van der Waals surface area contributed by atoms with E-state index < -0.39 is 11.9 Å². The highest BCUT2D eigenvalue weighted by Crippen LogP contribution is 2.30. The fourth-order valence-corrected chi connectivity index (χ4v) is 2.95. The van der Waals surface area contributed by atoms with Crippen LogP contribution < -0.4 is 0 Å². The summed E-state index contributed by atoms with van der Waals surface area (Å²) in [6, 6.07) is 17.0. The first-order valence-corrected chi connectivity index (χ1v) is 8.88. The average molecular weight is 396 g/mol. The van der Waals surface area contributed by atoms with Crippen LogP contribution in [0.15, 0.2) is 72.9 Å². The Labute approximate surface area is 167 Å². The molecule has 0 fully saturated rings. The third-order valence-electron chi connectivity index (χ3n) is 4.09. The lowest BCUT2D eigenvalue weighted by Crippen LogP contribution is -2.24. The molecule has 0 bridgehead atoms. The van der Waals surface area contributed by atoms with Gasteiger partial charge in [-0.2, -0.15) is 5.10 Å². The quantitative estimate of drug-likeness (QED) is 0.644. The molecule has 6 nitrogen and oxygen atoms in total. The van der Waals surface area contributed by atoms with Gasteiger partial charge < -0.3 is 10.0 Å². The Bertz CT molecular complexity index is 1030. The summed E-state index contributed by atoms with van der Waals surface area (Å²) < 4.78 is 1.74. The van der Waals surface area contributed by atoms with Crippen LogP contribution in [0.1, 0.15) is 5.56 Å². The first kappa shape index (κ1) is 19.4. The molecule has 3 aromatic rings. The molecule has 1 heterocycles. The van der Waals surface area contributed by atoms with E-state index in [1.54, 1.807) is 17.8 Å². The van der Waals surface area contributed by atoms with Crippen molar-refractivity contribution in [2.24, 2.45) is 0 Å². The molecule has 1 aromatic heterocycles. The Hall–Kier alpha value is -3.38. The van der Waals surface area contributed by atoms with Gasteiger partial charge in [0.2, 0.25) is 5.91 Å². The molecule has 0 aliphatic carbocycles. The molecule has 142 valence electrons. The van der Waals surface area contributed by atoms with Crippen molar-refractivity contribution >= 4 is 23.5 Å². The number of hydrogen-bond acceptors (Lipinski definition) is 3. The van der Waals surface area contributed by atoms with E-state index in [1.807, 2.05) is 54.7 Å². The van der Waals surface area contributed by atoms with Gasteiger partial charge in [-0.25, -0.2) is 9.48 Å². The normalized spacial score (nSPS) is 10.9. The Kier molecular flexibility index (Phi) is 5.91. The number of amides is 1. The van der Waals surface area contributed by atoms with Crippen LogP contribution in [0.3, 0.4) is 0 Å². The number of likely N-dealkylation sites (N-methyl/N-ethyl adjacent to an activating group) is 1. The molecule has 0 radical (unpaired) electrons. The highest BCUT2D eigenvalue weighted by atomic mass is 35.5. The number of halogens is 1. The maximum atomic E-state index is 12.2. The van der Waals surface area contributed by atoms with Gasteiger partial charge in [-0.15, -0.1) is 0 Å². The zero-order chi connectivity index (χ0) is 20.1. The van der Waals surface area contributed by atoms with Crippen molar-refractivity contribution in [2.75, 3.05) is 7.05 Å². The molecule has 0 aliphatic heterocycles. The van der Waals surface area contributed by atoms with Crippen LogP contribution in [0.5, 0.6) is 0 Å². The second-order valence-electron chi connectivity index (χ2n) is 6.13. The Morgan fingerprint density at radius 3 is 2.46 bits per heavy atom. The van der Waals surface area contributed by atoms with Gasteiger partial charge in [-0.1, -0.05) is 48.0 Å². The standard InChI is InChI=1S/C21H18ClN3O3/c1-24(19(26)11-12-20(27)28)13-15-14-25(16-7-3-2-4-8-16)23-21(15)17-9-5-6-10-18(17)22/h2-12,14H,13H2,1H3,(H,27,28). The molecule has 0 aliphatic rings. The van der Waals surface area contributed by atoms with Gasteiger partial charge in [0, 0.05) is 43.1 Å². The van der Waals surface area contributed by atoms with Crippen LogP contribution in [0.25, 0.3) is 16.9 Å². The number of carboxylic acids is 1. The van der Waals surface area contributed by atoms with E-state index in [-0.39, 0.29) is 6.54 Å². The van der Waals surface area contributed by atoms with E-state index >= 15 is 0 Å². The number of rotatable bonds is 6. The van der Waals surface area contributed by atoms with E-state index in [0.717, 1.165) is 29.0 Å². The molecule has 0 spiro atoms. The molecule has 1 amide bonds. The monoisotopic (exact) mass is 395 g/mol. The molecule has 2 aromatic carbocycles. The van der Waals surface area contributed by atoms with Crippen molar-refractivity contribution in [3.63, 3.8) is 0 Å². The minimum Gasteiger partial charge on any atom is -0.478 e. The predicted molar refractivity (Wildman–Crippen MR) is 107 cm³/mol. The average Bonchev–Trinajstić information content (AvgIpc) is 3.10. The SMILES string of the molecule is CN(Cc1cn(-c2ccccc2)nc1-c1ccccc1Cl)C(=O)C=CC(=O)O. The summed E-state index contributed by atoms with van der Waals surface area (Å²) >= 11 is 6.36. The number of aromatic nitrogens is 2. The lowest BCUT2D eigenvalue weighted by molar-refractivity contribution is -0.132. The van der Waals surface area contributed by atoms with Gasteiger partial charge in [0.05, 0.1) is 16.4 Å². The summed E-state index contributed by atoms with van der Waals surface area (Å²) in [7, 11) is 1.60. The van der Waals surface area contributed by atoms with Crippen molar-refractivity contribution in [2.45, 2.75) is 6.54 Å². The topological polar surface area (TPSA) is 75.4 Å². The van der Waals surface area contributed by atoms with Crippen molar-refractivity contribution in [1.29, 1.82) is 0 Å². The summed E-state index contributed by atoms with van der Waals surface area (Å²) in [5.41, 5.74) is 3.09. The molecule has 7 heteroatoms. The Balaban J connectivity index is 1.99. The number of para-hydroxylation sites is 1. The van der Waals surface area contributed by atoms with Crippen LogP contribution in [-0.4, -0.2) is 38.7 Å². The van der Waals surface area contributed by atoms with Crippen LogP contribution >= 0.6 is 11.6 Å². The molecule has 0 unspecified atom stereocenters. The lowest BCUT2D eigenvalue weighted by atomic mass is 10.1. The fourth-order valence-electron chi connectivity index (χ4n) is 2.72. The largest absolute Gasteiger partial charge is 0.478 e. The van der Waals surface area contributed by atoms with E-state index in [2.05, 4.69) is 5.10 Å². The summed E-state index contributed by atoms with van der Waals surface area (Å²) in [6.07, 6.45) is 3.69. The second kappa shape index (κ2) is 8.54. The minimum atomic E-state index is -1.17. The number of benzene rings is 2. The predicted octanol–water partition coefficient (Wildman–Crippen LogP) is 3.79. The molecule has 0 atom stereocenters. The number of hydrogen-bond donors (Lipinski definition) is 1. The molecular formula is C21H18ClN3O3. The van der Waals surface area contributed by atoms with Crippen LogP contribution in [-0.2, 0) is 16.1 Å². The maximum absolute atomic E-state index is 12.2. The van der Waals surface area contributed by atoms with E-state index in [9.17, 15) is 9.59 Å². The van der Waals surface area contributed by atoms with Crippen LogP contribution in [0, 0.1) is 0 Å². The first-order chi connectivity index (χ1) is 13.5. The molecule has 0 saturated heterocycles. The lowest BCUT2D eigenvalue weighted by Gasteiger charge is -2.15. The Morgan fingerprint density at radius 1 is 1.11 bits per heavy atom. The summed E-state index contributed by atoms with van der Waals surface area (Å²) in [5.74, 6) is -1.59. The van der Waals surface area contributed by atoms with Gasteiger partial charge in [0.15, 0.2) is 0 Å². The first-order valence-electron chi connectivity index (χ1n) is 8.50. The van der Waals surface area contributed by atoms with Gasteiger partial charge in [-0.05, 0) is 18.2 Å². The van der Waals surface area contributed by atoms with E-state index in [4.69, 9.17) is 16.7 Å². The maximum Gasteiger partial charge on any atom is 0.328 e. The highest BCUT2D eigenvalue weighted by molar-refractivity contribution is 6.33. The number of aliphatic carboxylic acids is 1. The molecule has 1 N–H and O–H groups in total. The molecule has 28 heavy (non-hydrogen) atoms. The number of carbonyl (C=O) groups is 2. The molecular weight excluding hydrogens is 378 g/mol. The van der Waals surface area contributed by atoms with Crippen molar-refractivity contribution < 1.29 is 14.7 Å². The van der Waals surface area contributed by atoms with Gasteiger partial charge in [0.1, 0.15) is 0 Å². The van der Waals surface area contributed by atoms with Crippen molar-refractivity contribution in [1.82, 2.24) is 14.7 Å². The van der Waals surface area contributed by atoms with Crippen LogP contribution in [0.2, 0.25) is 5.02 Å². The zero-order valence-electron chi connectivity index (χ0n) is 15.1. The smallest absolute Gasteiger partial charge is 0.328 e. The summed E-state index contributed by atoms with van der Waals surface area (Å²) in [4.78, 5) is 24.2.